The zero-order valence-electron chi connectivity index (χ0n) is 19.3. The number of hydrogen-bond acceptors (Lipinski definition) is 9. The van der Waals surface area contributed by atoms with Crippen molar-refractivity contribution < 1.29 is 23.0 Å². The summed E-state index contributed by atoms with van der Waals surface area (Å²) in [4.78, 5) is 18.6. The van der Waals surface area contributed by atoms with Gasteiger partial charge in [0.05, 0.1) is 38.8 Å². The van der Waals surface area contributed by atoms with Crippen LogP contribution in [0.5, 0.6) is 17.4 Å². The second kappa shape index (κ2) is 10.6. The normalized spacial score (nSPS) is 11.9. The van der Waals surface area contributed by atoms with Crippen molar-refractivity contribution in [3.8, 4) is 34.6 Å². The SMILES string of the molecule is C=Cc1nc2nc(-c3cccc(OCC)n3)n(-c3c(OC)cccc3OC)c2nc1CNS(=O)[O-]. The van der Waals surface area contributed by atoms with Gasteiger partial charge in [0.1, 0.15) is 22.9 Å². The van der Waals surface area contributed by atoms with Gasteiger partial charge in [0.15, 0.2) is 17.1 Å². The highest BCUT2D eigenvalue weighted by molar-refractivity contribution is 7.77. The summed E-state index contributed by atoms with van der Waals surface area (Å²) in [6.45, 7) is 6.02. The van der Waals surface area contributed by atoms with Gasteiger partial charge in [-0.05, 0) is 31.2 Å². The molecule has 12 heteroatoms. The molecule has 0 bridgehead atoms. The molecule has 1 unspecified atom stereocenters. The molecule has 0 saturated heterocycles. The molecule has 3 aromatic heterocycles. The number of para-hydroxylation sites is 1. The fourth-order valence-electron chi connectivity index (χ4n) is 3.56. The third kappa shape index (κ3) is 4.85. The van der Waals surface area contributed by atoms with Crippen molar-refractivity contribution in [3.05, 3.63) is 54.4 Å². The minimum Gasteiger partial charge on any atom is -0.760 e. The molecule has 4 rings (SSSR count). The van der Waals surface area contributed by atoms with Gasteiger partial charge in [0.2, 0.25) is 5.88 Å². The van der Waals surface area contributed by atoms with Gasteiger partial charge in [-0.1, -0.05) is 18.7 Å². The molecular weight excluding hydrogens is 472 g/mol. The summed E-state index contributed by atoms with van der Waals surface area (Å²) in [7, 11) is 3.09. The average Bonchev–Trinajstić information content (AvgIpc) is 3.24. The predicted octanol–water partition coefficient (Wildman–Crippen LogP) is 2.82. The monoisotopic (exact) mass is 495 g/mol. The van der Waals surface area contributed by atoms with Crippen LogP contribution in [0.25, 0.3) is 34.6 Å². The highest BCUT2D eigenvalue weighted by atomic mass is 32.2. The van der Waals surface area contributed by atoms with Crippen molar-refractivity contribution in [2.24, 2.45) is 0 Å². The Balaban J connectivity index is 2.07. The van der Waals surface area contributed by atoms with E-state index in [4.69, 9.17) is 24.2 Å². The molecule has 4 aromatic rings. The molecule has 0 amide bonds. The van der Waals surface area contributed by atoms with Gasteiger partial charge in [0.25, 0.3) is 0 Å². The third-order valence-electron chi connectivity index (χ3n) is 5.02. The Morgan fingerprint density at radius 1 is 1.09 bits per heavy atom. The summed E-state index contributed by atoms with van der Waals surface area (Å²) < 4.78 is 43.1. The molecule has 0 aliphatic rings. The summed E-state index contributed by atoms with van der Waals surface area (Å²) in [5.41, 5.74) is 2.46. The summed E-state index contributed by atoms with van der Waals surface area (Å²) in [6.07, 6.45) is 1.49. The lowest BCUT2D eigenvalue weighted by Gasteiger charge is -2.16. The molecule has 0 radical (unpaired) electrons. The number of nitrogens with zero attached hydrogens (tertiary/aromatic N) is 5. The van der Waals surface area contributed by atoms with Crippen LogP contribution in [-0.2, 0) is 17.8 Å². The molecule has 3 heterocycles. The first-order chi connectivity index (χ1) is 17.0. The molecule has 1 aromatic carbocycles. The van der Waals surface area contributed by atoms with E-state index < -0.39 is 11.3 Å². The lowest BCUT2D eigenvalue weighted by atomic mass is 10.2. The van der Waals surface area contributed by atoms with Crippen LogP contribution < -0.4 is 18.9 Å². The smallest absolute Gasteiger partial charge is 0.213 e. The average molecular weight is 496 g/mol. The van der Waals surface area contributed by atoms with Crippen LogP contribution >= 0.6 is 0 Å². The topological polar surface area (TPSA) is 136 Å². The van der Waals surface area contributed by atoms with Gasteiger partial charge < -0.3 is 18.8 Å². The van der Waals surface area contributed by atoms with E-state index in [1.807, 2.05) is 13.0 Å². The second-order valence-corrected chi connectivity index (χ2v) is 7.80. The van der Waals surface area contributed by atoms with E-state index in [2.05, 4.69) is 21.3 Å². The Morgan fingerprint density at radius 3 is 2.43 bits per heavy atom. The number of hydrogen-bond donors (Lipinski definition) is 1. The Labute approximate surface area is 204 Å². The highest BCUT2D eigenvalue weighted by Gasteiger charge is 2.24. The summed E-state index contributed by atoms with van der Waals surface area (Å²) in [5, 5.41) is 0. The molecule has 11 nitrogen and oxygen atoms in total. The number of benzene rings is 1. The summed E-state index contributed by atoms with van der Waals surface area (Å²) >= 11 is -2.48. The van der Waals surface area contributed by atoms with E-state index >= 15 is 0 Å². The van der Waals surface area contributed by atoms with Gasteiger partial charge in [-0.2, -0.15) is 0 Å². The number of ether oxygens (including phenoxy) is 3. The molecule has 0 aliphatic carbocycles. The Morgan fingerprint density at radius 2 is 1.80 bits per heavy atom. The standard InChI is InChI=1S/C23H24N6O5S/c1-5-14-16(13-24-35(30)31)27-23-21(26-14)28-22(15-9-7-12-19(25-15)34-6-2)29(23)20-17(32-3)10-8-11-18(20)33-4/h5,7-12,24H,1,6,13H2,2-4H3,(H,30,31)/p-1. The molecule has 1 atom stereocenters. The lowest BCUT2D eigenvalue weighted by molar-refractivity contribution is 0.327. The molecule has 35 heavy (non-hydrogen) atoms. The van der Waals surface area contributed by atoms with Crippen molar-refractivity contribution in [1.82, 2.24) is 29.2 Å². The number of methoxy groups -OCH3 is 2. The number of pyridine rings is 1. The Kier molecular flexibility index (Phi) is 7.34. The van der Waals surface area contributed by atoms with Crippen LogP contribution in [0.15, 0.2) is 43.0 Å². The molecule has 0 fully saturated rings. The first-order valence-electron chi connectivity index (χ1n) is 10.6. The minimum atomic E-state index is -2.48. The van der Waals surface area contributed by atoms with E-state index in [-0.39, 0.29) is 6.54 Å². The van der Waals surface area contributed by atoms with Gasteiger partial charge in [-0.3, -0.25) is 8.78 Å². The number of aromatic nitrogens is 5. The van der Waals surface area contributed by atoms with Crippen LogP contribution in [-0.4, -0.2) is 54.1 Å². The number of fused-ring (bicyclic) bond motifs is 1. The van der Waals surface area contributed by atoms with Gasteiger partial charge in [-0.15, -0.1) is 0 Å². The summed E-state index contributed by atoms with van der Waals surface area (Å²) in [6, 6.07) is 10.7. The van der Waals surface area contributed by atoms with Crippen molar-refractivity contribution in [2.45, 2.75) is 13.5 Å². The van der Waals surface area contributed by atoms with Crippen molar-refractivity contribution >= 4 is 28.6 Å². The van der Waals surface area contributed by atoms with Crippen LogP contribution in [0.4, 0.5) is 0 Å². The fourth-order valence-corrected chi connectivity index (χ4v) is 3.82. The minimum absolute atomic E-state index is 0.0813. The van der Waals surface area contributed by atoms with Crippen LogP contribution in [0.1, 0.15) is 18.3 Å². The zero-order chi connectivity index (χ0) is 24.9. The number of rotatable bonds is 10. The quantitative estimate of drug-likeness (QED) is 0.329. The van der Waals surface area contributed by atoms with E-state index in [9.17, 15) is 8.76 Å². The number of nitrogens with one attached hydrogen (secondary N) is 1. The zero-order valence-corrected chi connectivity index (χ0v) is 20.2. The molecule has 0 saturated carbocycles. The molecule has 1 N–H and O–H groups in total. The van der Waals surface area contributed by atoms with Crippen LogP contribution in [0.3, 0.4) is 0 Å². The van der Waals surface area contributed by atoms with Gasteiger partial charge >= 0.3 is 0 Å². The summed E-state index contributed by atoms with van der Waals surface area (Å²) in [5.74, 6) is 1.85. The molecular formula is C23H23N6O5S-. The Hall–Kier alpha value is -3.87. The van der Waals surface area contributed by atoms with Crippen LogP contribution in [0.2, 0.25) is 0 Å². The van der Waals surface area contributed by atoms with E-state index in [1.165, 1.54) is 6.08 Å². The van der Waals surface area contributed by atoms with E-state index in [1.54, 1.807) is 49.1 Å². The second-order valence-electron chi connectivity index (χ2n) is 7.04. The highest BCUT2D eigenvalue weighted by Crippen LogP contribution is 2.38. The maximum Gasteiger partial charge on any atom is 0.213 e. The molecule has 0 aliphatic heterocycles. The maximum absolute atomic E-state index is 11.1. The van der Waals surface area contributed by atoms with Crippen molar-refractivity contribution in [1.29, 1.82) is 0 Å². The first-order valence-corrected chi connectivity index (χ1v) is 11.6. The van der Waals surface area contributed by atoms with E-state index in [0.29, 0.717) is 63.9 Å². The van der Waals surface area contributed by atoms with E-state index in [0.717, 1.165) is 0 Å². The van der Waals surface area contributed by atoms with Crippen LogP contribution in [0, 0.1) is 0 Å². The lowest BCUT2D eigenvalue weighted by Crippen LogP contribution is -2.18. The largest absolute Gasteiger partial charge is 0.760 e. The van der Waals surface area contributed by atoms with Gasteiger partial charge in [0, 0.05) is 17.3 Å². The molecule has 182 valence electrons. The number of imidazole rings is 1. The van der Waals surface area contributed by atoms with Gasteiger partial charge in [-0.25, -0.2) is 24.7 Å². The fraction of sp³-hybridized carbons (Fsp3) is 0.217. The first kappa shape index (κ1) is 24.3. The predicted molar refractivity (Wildman–Crippen MR) is 130 cm³/mol. The third-order valence-corrected chi connectivity index (χ3v) is 5.40. The maximum atomic E-state index is 11.1. The van der Waals surface area contributed by atoms with Crippen molar-refractivity contribution in [2.75, 3.05) is 20.8 Å². The van der Waals surface area contributed by atoms with Crippen molar-refractivity contribution in [3.63, 3.8) is 0 Å². The molecule has 0 spiro atoms. The Bertz CT molecular complexity index is 1380.